The second-order valence-corrected chi connectivity index (χ2v) is 6.03. The van der Waals surface area contributed by atoms with E-state index in [0.717, 1.165) is 17.9 Å². The minimum Gasteiger partial charge on any atom is -0.497 e. The van der Waals surface area contributed by atoms with Gasteiger partial charge in [-0.3, -0.25) is 0 Å². The summed E-state index contributed by atoms with van der Waals surface area (Å²) in [5.41, 5.74) is 1.33. The monoisotopic (exact) mass is 253 g/mol. The van der Waals surface area contributed by atoms with Crippen LogP contribution in [-0.2, 0) is 6.42 Å². The number of nitrogens with one attached hydrogen (secondary N) is 1. The molecule has 0 aromatic heterocycles. The van der Waals surface area contributed by atoms with Crippen LogP contribution in [0.5, 0.6) is 5.75 Å². The van der Waals surface area contributed by atoms with Crippen LogP contribution in [0, 0.1) is 0 Å². The van der Waals surface area contributed by atoms with E-state index in [1.165, 1.54) is 5.56 Å². The molecule has 2 nitrogen and oxygen atoms in total. The van der Waals surface area contributed by atoms with E-state index in [2.05, 4.69) is 37.4 Å². The summed E-state index contributed by atoms with van der Waals surface area (Å²) in [6, 6.07) is 8.84. The van der Waals surface area contributed by atoms with Gasteiger partial charge in [0.15, 0.2) is 0 Å². The van der Waals surface area contributed by atoms with Gasteiger partial charge in [0.1, 0.15) is 5.75 Å². The first kappa shape index (κ1) is 14.4. The molecular formula is C14H23NOS. The van der Waals surface area contributed by atoms with Crippen molar-refractivity contribution in [2.45, 2.75) is 31.6 Å². The van der Waals surface area contributed by atoms with Crippen LogP contribution in [0.1, 0.15) is 19.4 Å². The molecule has 1 aromatic carbocycles. The second-order valence-electron chi connectivity index (χ2n) is 4.42. The van der Waals surface area contributed by atoms with E-state index in [1.807, 2.05) is 24.9 Å². The highest BCUT2D eigenvalue weighted by Gasteiger charge is 2.09. The average Bonchev–Trinajstić information content (AvgIpc) is 2.34. The van der Waals surface area contributed by atoms with Gasteiger partial charge in [0.25, 0.3) is 0 Å². The summed E-state index contributed by atoms with van der Waals surface area (Å²) in [6.07, 6.45) is 1.05. The lowest BCUT2D eigenvalue weighted by Crippen LogP contribution is -2.30. The number of thioether (sulfide) groups is 1. The van der Waals surface area contributed by atoms with Gasteiger partial charge in [0.05, 0.1) is 7.11 Å². The van der Waals surface area contributed by atoms with Gasteiger partial charge in [-0.25, -0.2) is 0 Å². The number of benzene rings is 1. The minimum atomic E-state index is 0.523. The van der Waals surface area contributed by atoms with Gasteiger partial charge in [0, 0.05) is 11.8 Å². The fraction of sp³-hybridized carbons (Fsp3) is 0.571. The summed E-state index contributed by atoms with van der Waals surface area (Å²) in [5, 5.41) is 4.07. The van der Waals surface area contributed by atoms with Crippen LogP contribution >= 0.6 is 11.8 Å². The first-order valence-electron chi connectivity index (χ1n) is 6.07. The predicted molar refractivity (Wildman–Crippen MR) is 77.1 cm³/mol. The van der Waals surface area contributed by atoms with E-state index in [1.54, 1.807) is 7.11 Å². The summed E-state index contributed by atoms with van der Waals surface area (Å²) in [4.78, 5) is 0. The highest BCUT2D eigenvalue weighted by molar-refractivity contribution is 7.99. The van der Waals surface area contributed by atoms with Crippen molar-refractivity contribution >= 4 is 11.8 Å². The molecule has 96 valence electrons. The van der Waals surface area contributed by atoms with Crippen LogP contribution in [0.2, 0.25) is 0 Å². The van der Waals surface area contributed by atoms with Crippen molar-refractivity contribution in [1.29, 1.82) is 0 Å². The Hall–Kier alpha value is -0.670. The molecule has 0 bridgehead atoms. The van der Waals surface area contributed by atoms with Crippen LogP contribution in [0.25, 0.3) is 0 Å². The van der Waals surface area contributed by atoms with Gasteiger partial charge in [-0.1, -0.05) is 26.0 Å². The van der Waals surface area contributed by atoms with Crippen molar-refractivity contribution in [1.82, 2.24) is 5.32 Å². The number of methoxy groups -OCH3 is 1. The maximum Gasteiger partial charge on any atom is 0.119 e. The van der Waals surface area contributed by atoms with E-state index >= 15 is 0 Å². The fourth-order valence-corrected chi connectivity index (χ4v) is 2.54. The normalized spacial score (nSPS) is 12.8. The molecule has 0 radical (unpaired) electrons. The molecule has 0 aliphatic rings. The minimum absolute atomic E-state index is 0.523. The number of hydrogen-bond acceptors (Lipinski definition) is 3. The van der Waals surface area contributed by atoms with Gasteiger partial charge in [-0.2, -0.15) is 11.8 Å². The van der Waals surface area contributed by atoms with Crippen molar-refractivity contribution in [2.24, 2.45) is 0 Å². The molecule has 0 aliphatic heterocycles. The largest absolute Gasteiger partial charge is 0.497 e. The zero-order valence-electron chi connectivity index (χ0n) is 11.2. The Kier molecular flexibility index (Phi) is 6.45. The molecule has 0 heterocycles. The molecule has 1 N–H and O–H groups in total. The summed E-state index contributed by atoms with van der Waals surface area (Å²) >= 11 is 2.00. The average molecular weight is 253 g/mol. The first-order chi connectivity index (χ1) is 8.15. The molecule has 0 saturated carbocycles. The predicted octanol–water partition coefficient (Wildman–Crippen LogP) is 2.97. The Morgan fingerprint density at radius 3 is 2.71 bits per heavy atom. The number of rotatable bonds is 7. The molecule has 1 rings (SSSR count). The zero-order valence-corrected chi connectivity index (χ0v) is 12.0. The molecule has 1 unspecified atom stereocenters. The smallest absolute Gasteiger partial charge is 0.119 e. The van der Waals surface area contributed by atoms with E-state index in [0.29, 0.717) is 11.3 Å². The Morgan fingerprint density at radius 2 is 2.12 bits per heavy atom. The highest BCUT2D eigenvalue weighted by atomic mass is 32.2. The van der Waals surface area contributed by atoms with Gasteiger partial charge >= 0.3 is 0 Å². The van der Waals surface area contributed by atoms with Crippen LogP contribution in [0.15, 0.2) is 24.3 Å². The molecule has 3 heteroatoms. The summed E-state index contributed by atoms with van der Waals surface area (Å²) < 4.78 is 5.24. The zero-order chi connectivity index (χ0) is 12.7. The Labute approximate surface area is 109 Å². The van der Waals surface area contributed by atoms with E-state index in [4.69, 9.17) is 4.74 Å². The van der Waals surface area contributed by atoms with E-state index < -0.39 is 0 Å². The number of hydrogen-bond donors (Lipinski definition) is 1. The lowest BCUT2D eigenvalue weighted by molar-refractivity contribution is 0.414. The number of ether oxygens (including phenoxy) is 1. The molecular weight excluding hydrogens is 230 g/mol. The molecule has 17 heavy (non-hydrogen) atoms. The van der Waals surface area contributed by atoms with Crippen LogP contribution < -0.4 is 10.1 Å². The second kappa shape index (κ2) is 7.62. The van der Waals surface area contributed by atoms with E-state index in [9.17, 15) is 0 Å². The van der Waals surface area contributed by atoms with Gasteiger partial charge in [-0.15, -0.1) is 0 Å². The van der Waals surface area contributed by atoms with E-state index in [-0.39, 0.29) is 0 Å². The molecule has 0 spiro atoms. The molecule has 1 aromatic rings. The third kappa shape index (κ3) is 5.46. The lowest BCUT2D eigenvalue weighted by atomic mass is 10.1. The SMILES string of the molecule is CNC(CSC(C)C)Cc1cccc(OC)c1. The van der Waals surface area contributed by atoms with Crippen molar-refractivity contribution < 1.29 is 4.74 Å². The topological polar surface area (TPSA) is 21.3 Å². The summed E-state index contributed by atoms with van der Waals surface area (Å²) in [6.45, 7) is 4.48. The van der Waals surface area contributed by atoms with Crippen LogP contribution in [-0.4, -0.2) is 31.2 Å². The molecule has 0 amide bonds. The highest BCUT2D eigenvalue weighted by Crippen LogP contribution is 2.17. The molecule has 0 fully saturated rings. The number of likely N-dealkylation sites (N-methyl/N-ethyl adjacent to an activating group) is 1. The van der Waals surface area contributed by atoms with Crippen molar-refractivity contribution in [3.05, 3.63) is 29.8 Å². The third-order valence-electron chi connectivity index (χ3n) is 2.66. The van der Waals surface area contributed by atoms with Crippen LogP contribution in [0.3, 0.4) is 0 Å². The molecule has 1 atom stereocenters. The van der Waals surface area contributed by atoms with Crippen molar-refractivity contribution in [3.8, 4) is 5.75 Å². The summed E-state index contributed by atoms with van der Waals surface area (Å²) in [5.74, 6) is 2.08. The van der Waals surface area contributed by atoms with Crippen LogP contribution in [0.4, 0.5) is 0 Å². The standard InChI is InChI=1S/C14H23NOS/c1-11(2)17-10-13(15-3)8-12-6-5-7-14(9-12)16-4/h5-7,9,11,13,15H,8,10H2,1-4H3. The van der Waals surface area contributed by atoms with Gasteiger partial charge < -0.3 is 10.1 Å². The van der Waals surface area contributed by atoms with Gasteiger partial charge in [0.2, 0.25) is 0 Å². The quantitative estimate of drug-likeness (QED) is 0.807. The Bertz CT molecular complexity index is 328. The lowest BCUT2D eigenvalue weighted by Gasteiger charge is -2.17. The molecule has 0 aliphatic carbocycles. The Morgan fingerprint density at radius 1 is 1.35 bits per heavy atom. The maximum atomic E-state index is 5.24. The van der Waals surface area contributed by atoms with Gasteiger partial charge in [-0.05, 0) is 36.4 Å². The van der Waals surface area contributed by atoms with Crippen molar-refractivity contribution in [3.63, 3.8) is 0 Å². The van der Waals surface area contributed by atoms with Crippen molar-refractivity contribution in [2.75, 3.05) is 19.9 Å². The fourth-order valence-electron chi connectivity index (χ4n) is 1.64. The maximum absolute atomic E-state index is 5.24. The third-order valence-corrected chi connectivity index (χ3v) is 3.92. The molecule has 0 saturated heterocycles. The first-order valence-corrected chi connectivity index (χ1v) is 7.12. The Balaban J connectivity index is 2.54. The summed E-state index contributed by atoms with van der Waals surface area (Å²) in [7, 11) is 3.75.